The van der Waals surface area contributed by atoms with Crippen LogP contribution in [0, 0.1) is 6.92 Å². The summed E-state index contributed by atoms with van der Waals surface area (Å²) in [7, 11) is -3.51. The van der Waals surface area contributed by atoms with Crippen LogP contribution in [0.2, 0.25) is 0 Å². The number of amides is 1. The Morgan fingerprint density at radius 3 is 2.57 bits per heavy atom. The molecule has 2 aromatic carbocycles. The van der Waals surface area contributed by atoms with Crippen molar-refractivity contribution < 1.29 is 26.4 Å². The van der Waals surface area contributed by atoms with Gasteiger partial charge in [0.25, 0.3) is 0 Å². The number of halogens is 3. The first kappa shape index (κ1) is 24.3. The number of nitrogens with one attached hydrogen (secondary N) is 4. The first-order chi connectivity index (χ1) is 16.4. The summed E-state index contributed by atoms with van der Waals surface area (Å²) in [6.07, 6.45) is -2.75. The van der Waals surface area contributed by atoms with Crippen LogP contribution in [0.4, 0.5) is 42.0 Å². The lowest BCUT2D eigenvalue weighted by atomic mass is 10.1. The highest BCUT2D eigenvalue weighted by molar-refractivity contribution is 7.92. The van der Waals surface area contributed by atoms with E-state index in [-0.39, 0.29) is 24.8 Å². The number of carbonyl (C=O) groups excluding carboxylic acids is 1. The van der Waals surface area contributed by atoms with Crippen molar-refractivity contribution in [3.8, 4) is 0 Å². The smallest absolute Gasteiger partial charge is 0.365 e. The van der Waals surface area contributed by atoms with Crippen LogP contribution in [0.5, 0.6) is 0 Å². The van der Waals surface area contributed by atoms with Gasteiger partial charge in [0.2, 0.25) is 21.9 Å². The predicted molar refractivity (Wildman–Crippen MR) is 126 cm³/mol. The Morgan fingerprint density at radius 1 is 1.11 bits per heavy atom. The molecule has 2 heterocycles. The van der Waals surface area contributed by atoms with Crippen molar-refractivity contribution in [1.82, 2.24) is 9.97 Å². The number of anilines is 5. The average molecular weight is 507 g/mol. The zero-order valence-electron chi connectivity index (χ0n) is 18.6. The molecule has 9 nitrogen and oxygen atoms in total. The molecule has 0 unspecified atom stereocenters. The Bertz CT molecular complexity index is 1410. The monoisotopic (exact) mass is 506 g/mol. The van der Waals surface area contributed by atoms with Crippen LogP contribution in [-0.4, -0.2) is 30.5 Å². The lowest BCUT2D eigenvalue weighted by Crippen LogP contribution is -2.15. The first-order valence-corrected chi connectivity index (χ1v) is 12.2. The fraction of sp³-hybridized carbons (Fsp3) is 0.227. The molecule has 0 saturated carbocycles. The van der Waals surface area contributed by atoms with Crippen molar-refractivity contribution in [3.63, 3.8) is 0 Å². The standard InChI is InChI=1S/C22H21F3N6O3S/c1-12-3-5-16(31-35(2,33)34)7-14(12)10-26-20-17(22(23,24)25)11-27-21(30-20)28-15-6-4-13-8-19(32)29-18(13)9-15/h3-7,9,11,31H,8,10H2,1-2H3,(H,29,32)(H2,26,27,28,30). The van der Waals surface area contributed by atoms with Crippen LogP contribution in [-0.2, 0) is 34.0 Å². The Morgan fingerprint density at radius 2 is 1.86 bits per heavy atom. The van der Waals surface area contributed by atoms with E-state index in [0.29, 0.717) is 28.8 Å². The minimum absolute atomic E-state index is 0.0461. The van der Waals surface area contributed by atoms with Crippen LogP contribution in [0.25, 0.3) is 0 Å². The second-order valence-corrected chi connectivity index (χ2v) is 9.79. The largest absolute Gasteiger partial charge is 0.421 e. The fourth-order valence-electron chi connectivity index (χ4n) is 3.52. The van der Waals surface area contributed by atoms with Crippen LogP contribution >= 0.6 is 0 Å². The van der Waals surface area contributed by atoms with E-state index in [4.69, 9.17) is 0 Å². The number of hydrogen-bond donors (Lipinski definition) is 4. The van der Waals surface area contributed by atoms with Gasteiger partial charge in [-0.1, -0.05) is 12.1 Å². The normalized spacial score (nSPS) is 13.2. The van der Waals surface area contributed by atoms with Crippen LogP contribution in [0.1, 0.15) is 22.3 Å². The van der Waals surface area contributed by atoms with Crippen molar-refractivity contribution in [3.05, 3.63) is 64.8 Å². The third-order valence-corrected chi connectivity index (χ3v) is 5.79. The minimum Gasteiger partial charge on any atom is -0.365 e. The lowest BCUT2D eigenvalue weighted by Gasteiger charge is -2.16. The van der Waals surface area contributed by atoms with Gasteiger partial charge in [0.15, 0.2) is 0 Å². The minimum atomic E-state index is -4.70. The molecule has 1 aliphatic rings. The highest BCUT2D eigenvalue weighted by Gasteiger charge is 2.35. The van der Waals surface area contributed by atoms with Gasteiger partial charge in [0.1, 0.15) is 11.4 Å². The summed E-state index contributed by atoms with van der Waals surface area (Å²) in [5.74, 6) is -0.653. The van der Waals surface area contributed by atoms with Crippen molar-refractivity contribution in [1.29, 1.82) is 0 Å². The number of sulfonamides is 1. The Hall–Kier alpha value is -3.87. The molecule has 4 N–H and O–H groups in total. The molecule has 0 atom stereocenters. The third kappa shape index (κ3) is 5.98. The molecule has 4 rings (SSSR count). The van der Waals surface area contributed by atoms with E-state index in [2.05, 4.69) is 30.6 Å². The number of aryl methyl sites for hydroxylation is 1. The summed E-state index contributed by atoms with van der Waals surface area (Å²) in [4.78, 5) is 19.4. The number of carbonyl (C=O) groups is 1. The molecule has 0 spiro atoms. The molecule has 13 heteroatoms. The summed E-state index contributed by atoms with van der Waals surface area (Å²) in [6.45, 7) is 1.71. The first-order valence-electron chi connectivity index (χ1n) is 10.3. The molecule has 0 saturated heterocycles. The zero-order valence-corrected chi connectivity index (χ0v) is 19.4. The molecule has 0 aliphatic carbocycles. The summed E-state index contributed by atoms with van der Waals surface area (Å²) in [6, 6.07) is 9.82. The maximum absolute atomic E-state index is 13.6. The number of nitrogens with zero attached hydrogens (tertiary/aromatic N) is 2. The second-order valence-electron chi connectivity index (χ2n) is 8.04. The van der Waals surface area contributed by atoms with Crippen LogP contribution in [0.15, 0.2) is 42.6 Å². The van der Waals surface area contributed by atoms with Crippen LogP contribution < -0.4 is 20.7 Å². The van der Waals surface area contributed by atoms with Gasteiger partial charge in [-0.3, -0.25) is 9.52 Å². The molecule has 1 amide bonds. The SMILES string of the molecule is Cc1ccc(NS(C)(=O)=O)cc1CNc1nc(Nc2ccc3c(c2)NC(=O)C3)ncc1C(F)(F)F. The van der Waals surface area contributed by atoms with E-state index in [1.54, 1.807) is 37.3 Å². The predicted octanol–water partition coefficient (Wildman–Crippen LogP) is 4.03. The summed E-state index contributed by atoms with van der Waals surface area (Å²) >= 11 is 0. The van der Waals surface area contributed by atoms with E-state index < -0.39 is 27.6 Å². The maximum atomic E-state index is 13.6. The van der Waals surface area contributed by atoms with Gasteiger partial charge in [-0.25, -0.2) is 13.4 Å². The van der Waals surface area contributed by atoms with E-state index in [0.717, 1.165) is 17.4 Å². The Balaban J connectivity index is 1.58. The Kier molecular flexibility index (Phi) is 6.28. The van der Waals surface area contributed by atoms with Crippen molar-refractivity contribution in [2.45, 2.75) is 26.1 Å². The second kappa shape index (κ2) is 9.06. The van der Waals surface area contributed by atoms with Gasteiger partial charge in [-0.2, -0.15) is 18.2 Å². The van der Waals surface area contributed by atoms with Crippen molar-refractivity contribution >= 4 is 44.8 Å². The maximum Gasteiger partial charge on any atom is 0.421 e. The van der Waals surface area contributed by atoms with Gasteiger partial charge >= 0.3 is 6.18 Å². The van der Waals surface area contributed by atoms with Gasteiger partial charge in [-0.05, 0) is 47.9 Å². The van der Waals surface area contributed by atoms with Crippen molar-refractivity contribution in [2.24, 2.45) is 0 Å². The van der Waals surface area contributed by atoms with Gasteiger partial charge in [0, 0.05) is 29.8 Å². The number of aromatic nitrogens is 2. The molecule has 1 aromatic heterocycles. The number of rotatable bonds is 7. The summed E-state index contributed by atoms with van der Waals surface area (Å²) in [5, 5.41) is 8.25. The van der Waals surface area contributed by atoms with Gasteiger partial charge < -0.3 is 16.0 Å². The Labute approximate surface area is 199 Å². The topological polar surface area (TPSA) is 125 Å². The number of benzene rings is 2. The highest BCUT2D eigenvalue weighted by Crippen LogP contribution is 2.35. The summed E-state index contributed by atoms with van der Waals surface area (Å²) in [5.41, 5.74) is 2.49. The summed E-state index contributed by atoms with van der Waals surface area (Å²) < 4.78 is 66.1. The quantitative estimate of drug-likeness (QED) is 0.381. The van der Waals surface area contributed by atoms with Gasteiger partial charge in [-0.15, -0.1) is 0 Å². The lowest BCUT2D eigenvalue weighted by molar-refractivity contribution is -0.137. The molecular weight excluding hydrogens is 485 g/mol. The van der Waals surface area contributed by atoms with Crippen molar-refractivity contribution in [2.75, 3.05) is 26.9 Å². The molecule has 3 aromatic rings. The number of hydrogen-bond acceptors (Lipinski definition) is 7. The molecular formula is C22H21F3N6O3S. The fourth-order valence-corrected chi connectivity index (χ4v) is 4.08. The molecule has 184 valence electrons. The van der Waals surface area contributed by atoms with Gasteiger partial charge in [0.05, 0.1) is 12.7 Å². The third-order valence-electron chi connectivity index (χ3n) is 5.18. The molecule has 0 radical (unpaired) electrons. The number of alkyl halides is 3. The average Bonchev–Trinajstić information content (AvgIpc) is 3.11. The zero-order chi connectivity index (χ0) is 25.4. The van der Waals surface area contributed by atoms with E-state index in [1.807, 2.05) is 0 Å². The van der Waals surface area contributed by atoms with E-state index in [9.17, 15) is 26.4 Å². The number of fused-ring (bicyclic) bond motifs is 1. The van der Waals surface area contributed by atoms with E-state index >= 15 is 0 Å². The van der Waals surface area contributed by atoms with E-state index in [1.165, 1.54) is 6.07 Å². The molecule has 0 bridgehead atoms. The molecule has 0 fully saturated rings. The molecule has 1 aliphatic heterocycles. The molecule has 35 heavy (non-hydrogen) atoms. The van der Waals surface area contributed by atoms with Crippen LogP contribution in [0.3, 0.4) is 0 Å². The highest BCUT2D eigenvalue weighted by atomic mass is 32.2.